The highest BCUT2D eigenvalue weighted by Crippen LogP contribution is 2.25. The smallest absolute Gasteiger partial charge is 0.106 e. The highest BCUT2D eigenvalue weighted by molar-refractivity contribution is 7.80. The van der Waals surface area contributed by atoms with Crippen molar-refractivity contribution in [2.75, 3.05) is 31.6 Å². The molecule has 0 aliphatic carbocycles. The number of likely N-dealkylation sites (N-methyl/N-ethyl adjacent to an activating group) is 1. The Balaban J connectivity index is 2.29. The summed E-state index contributed by atoms with van der Waals surface area (Å²) in [6, 6.07) is 6.99. The summed E-state index contributed by atoms with van der Waals surface area (Å²) in [5.41, 5.74) is 9.27. The molecule has 0 aromatic heterocycles. The molecule has 19 heavy (non-hydrogen) atoms. The van der Waals surface area contributed by atoms with Gasteiger partial charge in [0.25, 0.3) is 0 Å². The summed E-state index contributed by atoms with van der Waals surface area (Å²) >= 11 is 5.20. The van der Waals surface area contributed by atoms with Gasteiger partial charge in [-0.25, -0.2) is 0 Å². The van der Waals surface area contributed by atoms with Crippen LogP contribution in [0.5, 0.6) is 0 Å². The largest absolute Gasteiger partial charge is 0.389 e. The molecule has 0 bridgehead atoms. The standard InChI is InChI=1S/C15H23N3S/c1-4-12-10-18(8-7-17(12)3)14-6-5-11(2)9-13(14)15(16)19/h5-6,9,12H,4,7-8,10H2,1-3H3,(H2,16,19). The molecule has 1 aliphatic heterocycles. The highest BCUT2D eigenvalue weighted by Gasteiger charge is 2.24. The van der Waals surface area contributed by atoms with E-state index in [1.165, 1.54) is 17.7 Å². The van der Waals surface area contributed by atoms with E-state index in [1.54, 1.807) is 0 Å². The molecule has 104 valence electrons. The second-order valence-electron chi connectivity index (χ2n) is 5.37. The number of hydrogen-bond acceptors (Lipinski definition) is 3. The van der Waals surface area contributed by atoms with Gasteiger partial charge in [-0.15, -0.1) is 0 Å². The third kappa shape index (κ3) is 3.07. The molecule has 1 fully saturated rings. The maximum atomic E-state index is 5.88. The lowest BCUT2D eigenvalue weighted by atomic mass is 10.0. The molecular formula is C15H23N3S. The molecule has 2 N–H and O–H groups in total. The van der Waals surface area contributed by atoms with Crippen LogP contribution in [0.1, 0.15) is 24.5 Å². The first-order chi connectivity index (χ1) is 9.02. The topological polar surface area (TPSA) is 32.5 Å². The van der Waals surface area contributed by atoms with Gasteiger partial charge in [0.1, 0.15) is 4.99 Å². The predicted molar refractivity (Wildman–Crippen MR) is 86.0 cm³/mol. The van der Waals surface area contributed by atoms with Crippen LogP contribution in [0.25, 0.3) is 0 Å². The summed E-state index contributed by atoms with van der Waals surface area (Å²) in [4.78, 5) is 5.35. The van der Waals surface area contributed by atoms with Gasteiger partial charge in [-0.2, -0.15) is 0 Å². The zero-order valence-electron chi connectivity index (χ0n) is 12.0. The number of aryl methyl sites for hydroxylation is 1. The van der Waals surface area contributed by atoms with Crippen molar-refractivity contribution in [2.24, 2.45) is 5.73 Å². The normalized spacial score (nSPS) is 20.6. The van der Waals surface area contributed by atoms with Crippen LogP contribution in [0.4, 0.5) is 5.69 Å². The van der Waals surface area contributed by atoms with E-state index in [0.29, 0.717) is 11.0 Å². The van der Waals surface area contributed by atoms with Crippen molar-refractivity contribution >= 4 is 22.9 Å². The van der Waals surface area contributed by atoms with Gasteiger partial charge in [0.2, 0.25) is 0 Å². The molecule has 1 saturated heterocycles. The van der Waals surface area contributed by atoms with E-state index in [2.05, 4.69) is 48.9 Å². The fourth-order valence-corrected chi connectivity index (χ4v) is 2.89. The van der Waals surface area contributed by atoms with E-state index in [9.17, 15) is 0 Å². The number of nitrogens with two attached hydrogens (primary N) is 1. The zero-order valence-corrected chi connectivity index (χ0v) is 12.8. The van der Waals surface area contributed by atoms with Crippen LogP contribution in [-0.4, -0.2) is 42.6 Å². The van der Waals surface area contributed by atoms with Gasteiger partial charge in [-0.1, -0.05) is 30.8 Å². The van der Waals surface area contributed by atoms with Gasteiger partial charge in [-0.3, -0.25) is 4.90 Å². The quantitative estimate of drug-likeness (QED) is 0.858. The first kappa shape index (κ1) is 14.3. The number of rotatable bonds is 3. The molecule has 4 heteroatoms. The summed E-state index contributed by atoms with van der Waals surface area (Å²) in [5, 5.41) is 0. The summed E-state index contributed by atoms with van der Waals surface area (Å²) in [6.07, 6.45) is 1.17. The predicted octanol–water partition coefficient (Wildman–Crippen LogP) is 2.16. The minimum atomic E-state index is 0.491. The maximum absolute atomic E-state index is 5.88. The summed E-state index contributed by atoms with van der Waals surface area (Å²) < 4.78 is 0. The van der Waals surface area contributed by atoms with E-state index in [4.69, 9.17) is 18.0 Å². The van der Waals surface area contributed by atoms with Gasteiger partial charge in [0, 0.05) is 36.9 Å². The average molecular weight is 277 g/mol. The van der Waals surface area contributed by atoms with Crippen molar-refractivity contribution in [3.05, 3.63) is 29.3 Å². The Morgan fingerprint density at radius 1 is 1.42 bits per heavy atom. The summed E-state index contributed by atoms with van der Waals surface area (Å²) in [7, 11) is 2.20. The number of hydrogen-bond donors (Lipinski definition) is 1. The number of thiocarbonyl (C=S) groups is 1. The van der Waals surface area contributed by atoms with Crippen molar-refractivity contribution in [1.82, 2.24) is 4.90 Å². The number of anilines is 1. The van der Waals surface area contributed by atoms with Crippen molar-refractivity contribution in [2.45, 2.75) is 26.3 Å². The van der Waals surface area contributed by atoms with E-state index < -0.39 is 0 Å². The number of nitrogens with zero attached hydrogens (tertiary/aromatic N) is 2. The van der Waals surface area contributed by atoms with Crippen LogP contribution in [0.2, 0.25) is 0 Å². The van der Waals surface area contributed by atoms with Crippen LogP contribution >= 0.6 is 12.2 Å². The highest BCUT2D eigenvalue weighted by atomic mass is 32.1. The van der Waals surface area contributed by atoms with Crippen LogP contribution in [0.15, 0.2) is 18.2 Å². The van der Waals surface area contributed by atoms with Gasteiger partial charge < -0.3 is 10.6 Å². The van der Waals surface area contributed by atoms with Crippen molar-refractivity contribution < 1.29 is 0 Å². The summed E-state index contributed by atoms with van der Waals surface area (Å²) in [5.74, 6) is 0. The van der Waals surface area contributed by atoms with Gasteiger partial charge >= 0.3 is 0 Å². The van der Waals surface area contributed by atoms with E-state index in [-0.39, 0.29) is 0 Å². The third-order valence-corrected chi connectivity index (χ3v) is 4.23. The van der Waals surface area contributed by atoms with E-state index >= 15 is 0 Å². The number of piperazine rings is 1. The average Bonchev–Trinajstić information content (AvgIpc) is 2.39. The lowest BCUT2D eigenvalue weighted by Crippen LogP contribution is -2.51. The Morgan fingerprint density at radius 2 is 2.16 bits per heavy atom. The molecular weight excluding hydrogens is 254 g/mol. The van der Waals surface area contributed by atoms with Gasteiger partial charge in [0.05, 0.1) is 0 Å². The third-order valence-electron chi connectivity index (χ3n) is 4.01. The molecule has 0 amide bonds. The van der Waals surface area contributed by atoms with Crippen molar-refractivity contribution in [1.29, 1.82) is 0 Å². The molecule has 1 unspecified atom stereocenters. The molecule has 1 atom stereocenters. The SMILES string of the molecule is CCC1CN(c2ccc(C)cc2C(N)=S)CCN1C. The van der Waals surface area contributed by atoms with Crippen LogP contribution in [-0.2, 0) is 0 Å². The van der Waals surface area contributed by atoms with Crippen LogP contribution < -0.4 is 10.6 Å². The molecule has 0 radical (unpaired) electrons. The lowest BCUT2D eigenvalue weighted by Gasteiger charge is -2.41. The van der Waals surface area contributed by atoms with E-state index in [1.807, 2.05) is 0 Å². The fourth-order valence-electron chi connectivity index (χ4n) is 2.73. The van der Waals surface area contributed by atoms with Crippen molar-refractivity contribution in [3.8, 4) is 0 Å². The Kier molecular flexibility index (Phi) is 4.42. The molecule has 1 heterocycles. The Labute approximate surface area is 121 Å². The summed E-state index contributed by atoms with van der Waals surface area (Å²) in [6.45, 7) is 7.49. The van der Waals surface area contributed by atoms with Crippen LogP contribution in [0.3, 0.4) is 0 Å². The first-order valence-electron chi connectivity index (χ1n) is 6.88. The molecule has 0 saturated carbocycles. The zero-order chi connectivity index (χ0) is 14.0. The molecule has 1 aromatic rings. The first-order valence-corrected chi connectivity index (χ1v) is 7.29. The number of benzene rings is 1. The van der Waals surface area contributed by atoms with E-state index in [0.717, 1.165) is 25.2 Å². The fraction of sp³-hybridized carbons (Fsp3) is 0.533. The molecule has 2 rings (SSSR count). The van der Waals surface area contributed by atoms with Gasteiger partial charge in [0.15, 0.2) is 0 Å². The minimum Gasteiger partial charge on any atom is -0.389 e. The second kappa shape index (κ2) is 5.88. The molecule has 1 aromatic carbocycles. The Bertz CT molecular complexity index is 472. The lowest BCUT2D eigenvalue weighted by molar-refractivity contribution is 0.213. The molecule has 3 nitrogen and oxygen atoms in total. The molecule has 1 aliphatic rings. The monoisotopic (exact) mass is 277 g/mol. The maximum Gasteiger partial charge on any atom is 0.106 e. The molecule has 0 spiro atoms. The second-order valence-corrected chi connectivity index (χ2v) is 5.81. The minimum absolute atomic E-state index is 0.491. The Hall–Kier alpha value is -1.13. The van der Waals surface area contributed by atoms with Gasteiger partial charge in [-0.05, 0) is 32.5 Å². The van der Waals surface area contributed by atoms with Crippen molar-refractivity contribution in [3.63, 3.8) is 0 Å². The van der Waals surface area contributed by atoms with Crippen LogP contribution in [0, 0.1) is 6.92 Å². The Morgan fingerprint density at radius 3 is 2.79 bits per heavy atom.